The second kappa shape index (κ2) is 10.1. The van der Waals surface area contributed by atoms with Crippen molar-refractivity contribution in [2.75, 3.05) is 26.2 Å². The van der Waals surface area contributed by atoms with Gasteiger partial charge in [0.25, 0.3) is 5.91 Å². The van der Waals surface area contributed by atoms with Gasteiger partial charge in [0.05, 0.1) is 10.5 Å². The van der Waals surface area contributed by atoms with E-state index in [1.807, 2.05) is 32.9 Å². The summed E-state index contributed by atoms with van der Waals surface area (Å²) < 4.78 is 27.4. The van der Waals surface area contributed by atoms with Crippen molar-refractivity contribution in [3.05, 3.63) is 65.2 Å². The van der Waals surface area contributed by atoms with E-state index in [1.165, 1.54) is 16.4 Å². The third kappa shape index (κ3) is 5.41. The molecule has 8 nitrogen and oxygen atoms in total. The molecule has 2 aromatic carbocycles. The molecule has 1 atom stereocenters. The second-order valence-electron chi connectivity index (χ2n) is 8.40. The summed E-state index contributed by atoms with van der Waals surface area (Å²) in [5, 5.41) is 12.1. The summed E-state index contributed by atoms with van der Waals surface area (Å²) in [4.78, 5) is 27.5. The molecule has 1 fully saturated rings. The molecule has 0 bridgehead atoms. The van der Waals surface area contributed by atoms with Gasteiger partial charge in [-0.15, -0.1) is 0 Å². The molecule has 0 aliphatic carbocycles. The number of piperazine rings is 1. The molecule has 2 aromatic rings. The Morgan fingerprint density at radius 1 is 1.03 bits per heavy atom. The van der Waals surface area contributed by atoms with Crippen LogP contribution in [0.4, 0.5) is 0 Å². The first kappa shape index (κ1) is 24.4. The van der Waals surface area contributed by atoms with Crippen LogP contribution in [0.3, 0.4) is 0 Å². The maximum Gasteiger partial charge on any atom is 0.251 e. The first-order valence-electron chi connectivity index (χ1n) is 10.8. The van der Waals surface area contributed by atoms with Gasteiger partial charge in [-0.3, -0.25) is 9.59 Å². The largest absolute Gasteiger partial charge is 0.340 e. The van der Waals surface area contributed by atoms with Crippen LogP contribution in [-0.2, 0) is 14.8 Å². The van der Waals surface area contributed by atoms with Crippen LogP contribution >= 0.6 is 0 Å². The number of carbonyl (C=O) groups is 2. The summed E-state index contributed by atoms with van der Waals surface area (Å²) in [5.74, 6) is -0.698. The Morgan fingerprint density at radius 3 is 2.30 bits per heavy atom. The van der Waals surface area contributed by atoms with Gasteiger partial charge in [-0.2, -0.15) is 9.57 Å². The average Bonchev–Trinajstić information content (AvgIpc) is 2.81. The predicted octanol–water partition coefficient (Wildman–Crippen LogP) is 2.15. The molecule has 0 spiro atoms. The molecule has 9 heteroatoms. The zero-order valence-electron chi connectivity index (χ0n) is 19.0. The van der Waals surface area contributed by atoms with E-state index in [2.05, 4.69) is 5.32 Å². The Morgan fingerprint density at radius 2 is 1.70 bits per heavy atom. The first-order chi connectivity index (χ1) is 15.6. The summed E-state index contributed by atoms with van der Waals surface area (Å²) in [5.41, 5.74) is 1.53. The highest BCUT2D eigenvalue weighted by Gasteiger charge is 2.35. The summed E-state index contributed by atoms with van der Waals surface area (Å²) in [7, 11) is -3.85. The molecule has 1 heterocycles. The van der Waals surface area contributed by atoms with E-state index in [1.54, 1.807) is 35.2 Å². The van der Waals surface area contributed by atoms with Crippen molar-refractivity contribution in [2.24, 2.45) is 5.92 Å². The smallest absolute Gasteiger partial charge is 0.251 e. The predicted molar refractivity (Wildman–Crippen MR) is 124 cm³/mol. The van der Waals surface area contributed by atoms with Crippen LogP contribution in [0.15, 0.2) is 53.4 Å². The molecule has 0 saturated carbocycles. The minimum absolute atomic E-state index is 0.0299. The molecule has 3 rings (SSSR count). The monoisotopic (exact) mass is 468 g/mol. The molecule has 2 amide bonds. The van der Waals surface area contributed by atoms with E-state index >= 15 is 0 Å². The maximum absolute atomic E-state index is 13.2. The molecule has 174 valence electrons. The Kier molecular flexibility index (Phi) is 7.51. The maximum atomic E-state index is 13.2. The lowest BCUT2D eigenvalue weighted by Crippen LogP contribution is -2.57. The fraction of sp³-hybridized carbons (Fsp3) is 0.375. The van der Waals surface area contributed by atoms with Crippen molar-refractivity contribution < 1.29 is 18.0 Å². The summed E-state index contributed by atoms with van der Waals surface area (Å²) in [6.07, 6.45) is 0. The SMILES string of the molecule is Cc1cccc(C(=O)N[C@H](C(=O)N2CCN(S(=O)(=O)c3ccccc3C#N)CC2)C(C)C)c1. The van der Waals surface area contributed by atoms with Crippen LogP contribution in [0.1, 0.15) is 35.3 Å². The topological polar surface area (TPSA) is 111 Å². The van der Waals surface area contributed by atoms with Gasteiger partial charge in [0, 0.05) is 31.7 Å². The molecule has 0 unspecified atom stereocenters. The van der Waals surface area contributed by atoms with Gasteiger partial charge in [0.1, 0.15) is 12.1 Å². The zero-order valence-corrected chi connectivity index (χ0v) is 19.8. The number of sulfonamides is 1. The molecule has 1 aliphatic heterocycles. The Balaban J connectivity index is 1.69. The van der Waals surface area contributed by atoms with Gasteiger partial charge in [-0.1, -0.05) is 43.7 Å². The van der Waals surface area contributed by atoms with Crippen molar-refractivity contribution in [1.29, 1.82) is 5.26 Å². The van der Waals surface area contributed by atoms with Crippen LogP contribution in [0, 0.1) is 24.2 Å². The van der Waals surface area contributed by atoms with Crippen molar-refractivity contribution in [1.82, 2.24) is 14.5 Å². The lowest BCUT2D eigenvalue weighted by Gasteiger charge is -2.36. The van der Waals surface area contributed by atoms with E-state index in [9.17, 15) is 23.3 Å². The van der Waals surface area contributed by atoms with E-state index in [0.717, 1.165) is 5.56 Å². The van der Waals surface area contributed by atoms with Crippen LogP contribution in [0.25, 0.3) is 0 Å². The second-order valence-corrected chi connectivity index (χ2v) is 10.3. The summed E-state index contributed by atoms with van der Waals surface area (Å²) >= 11 is 0. The number of aryl methyl sites for hydroxylation is 1. The molecule has 0 aromatic heterocycles. The highest BCUT2D eigenvalue weighted by atomic mass is 32.2. The molecule has 1 saturated heterocycles. The highest BCUT2D eigenvalue weighted by molar-refractivity contribution is 7.89. The average molecular weight is 469 g/mol. The fourth-order valence-corrected chi connectivity index (χ4v) is 5.36. The van der Waals surface area contributed by atoms with Gasteiger partial charge in [0.2, 0.25) is 15.9 Å². The quantitative estimate of drug-likeness (QED) is 0.698. The number of carbonyl (C=O) groups excluding carboxylic acids is 2. The first-order valence-corrected chi connectivity index (χ1v) is 12.2. The molecule has 1 aliphatic rings. The van der Waals surface area contributed by atoms with Crippen molar-refractivity contribution in [2.45, 2.75) is 31.7 Å². The fourth-order valence-electron chi connectivity index (χ4n) is 3.79. The molecule has 33 heavy (non-hydrogen) atoms. The van der Waals surface area contributed by atoms with Gasteiger partial charge in [-0.25, -0.2) is 8.42 Å². The van der Waals surface area contributed by atoms with Crippen LogP contribution in [0.5, 0.6) is 0 Å². The van der Waals surface area contributed by atoms with Gasteiger partial charge in [-0.05, 0) is 37.1 Å². The van der Waals surface area contributed by atoms with Crippen LogP contribution in [0.2, 0.25) is 0 Å². The highest BCUT2D eigenvalue weighted by Crippen LogP contribution is 2.21. The van der Waals surface area contributed by atoms with Crippen LogP contribution in [-0.4, -0.2) is 61.7 Å². The summed E-state index contributed by atoms with van der Waals surface area (Å²) in [6.45, 7) is 6.25. The zero-order chi connectivity index (χ0) is 24.2. The number of nitrogens with zero attached hydrogens (tertiary/aromatic N) is 3. The van der Waals surface area contributed by atoms with Crippen molar-refractivity contribution in [3.8, 4) is 6.07 Å². The van der Waals surface area contributed by atoms with Gasteiger partial charge >= 0.3 is 0 Å². The van der Waals surface area contributed by atoms with E-state index in [-0.39, 0.29) is 54.4 Å². The minimum Gasteiger partial charge on any atom is -0.340 e. The number of nitrogens with one attached hydrogen (secondary N) is 1. The lowest BCUT2D eigenvalue weighted by molar-refractivity contribution is -0.135. The molecule has 1 N–H and O–H groups in total. The normalized spacial score (nSPS) is 15.7. The Hall–Kier alpha value is -3.22. The van der Waals surface area contributed by atoms with Crippen molar-refractivity contribution >= 4 is 21.8 Å². The summed E-state index contributed by atoms with van der Waals surface area (Å²) in [6, 6.07) is 14.4. The van der Waals surface area contributed by atoms with E-state index < -0.39 is 16.1 Å². The number of amides is 2. The number of benzene rings is 2. The Bertz CT molecular complexity index is 1180. The third-order valence-electron chi connectivity index (χ3n) is 5.68. The lowest BCUT2D eigenvalue weighted by atomic mass is 10.0. The number of rotatable bonds is 6. The molecular weight excluding hydrogens is 440 g/mol. The molecular formula is C24H28N4O4S. The third-order valence-corrected chi connectivity index (χ3v) is 7.63. The van der Waals surface area contributed by atoms with E-state index in [0.29, 0.717) is 5.56 Å². The number of hydrogen-bond acceptors (Lipinski definition) is 5. The molecule has 0 radical (unpaired) electrons. The number of hydrogen-bond donors (Lipinski definition) is 1. The minimum atomic E-state index is -3.85. The number of nitriles is 1. The van der Waals surface area contributed by atoms with Gasteiger partial charge in [0.15, 0.2) is 0 Å². The van der Waals surface area contributed by atoms with E-state index in [4.69, 9.17) is 0 Å². The van der Waals surface area contributed by atoms with Gasteiger partial charge < -0.3 is 10.2 Å². The van der Waals surface area contributed by atoms with Crippen molar-refractivity contribution in [3.63, 3.8) is 0 Å². The standard InChI is InChI=1S/C24H28N4O4S/c1-17(2)22(26-23(29)19-9-6-7-18(3)15-19)24(30)27-11-13-28(14-12-27)33(31,32)21-10-5-4-8-20(21)16-25/h4-10,15,17,22H,11-14H2,1-3H3,(H,26,29)/t22-/m0/s1. The van der Waals surface area contributed by atoms with Crippen LogP contribution < -0.4 is 5.32 Å². The Labute approximate surface area is 194 Å².